The molecule has 0 amide bonds. The standard InChI is InChI=1S/C21H29N3O2/c1-16-12-17(2)21(18(3)13-16)26-15-19(25)14-23-8-10-24(11-9-23)20-6-4-5-7-22-20/h4-7,12-13,19,25H,8-11,14-15H2,1-3H3/t19-/m1/s1. The quantitative estimate of drug-likeness (QED) is 0.863. The number of β-amino-alcohol motifs (C(OH)–C–C–N with tert-alkyl or cyclic N) is 1. The molecule has 0 saturated carbocycles. The molecule has 1 aliphatic rings. The van der Waals surface area contributed by atoms with Crippen molar-refractivity contribution in [3.8, 4) is 5.75 Å². The highest BCUT2D eigenvalue weighted by molar-refractivity contribution is 5.43. The number of hydrogen-bond donors (Lipinski definition) is 1. The summed E-state index contributed by atoms with van der Waals surface area (Å²) in [6.45, 7) is 10.9. The summed E-state index contributed by atoms with van der Waals surface area (Å²) in [5.74, 6) is 1.93. The summed E-state index contributed by atoms with van der Waals surface area (Å²) in [4.78, 5) is 9.00. The zero-order chi connectivity index (χ0) is 18.5. The maximum absolute atomic E-state index is 10.4. The molecular formula is C21H29N3O2. The number of rotatable bonds is 6. The molecule has 0 radical (unpaired) electrons. The van der Waals surface area contributed by atoms with Gasteiger partial charge in [0.05, 0.1) is 0 Å². The topological polar surface area (TPSA) is 48.8 Å². The molecule has 0 spiro atoms. The number of aliphatic hydroxyl groups is 1. The van der Waals surface area contributed by atoms with Crippen LogP contribution in [0.1, 0.15) is 16.7 Å². The predicted octanol–water partition coefficient (Wildman–Crippen LogP) is 2.57. The van der Waals surface area contributed by atoms with Gasteiger partial charge in [-0.15, -0.1) is 0 Å². The van der Waals surface area contributed by atoms with Crippen molar-refractivity contribution in [2.75, 3.05) is 44.2 Å². The van der Waals surface area contributed by atoms with E-state index >= 15 is 0 Å². The maximum Gasteiger partial charge on any atom is 0.128 e. The third-order valence-electron chi connectivity index (χ3n) is 4.84. The van der Waals surface area contributed by atoms with Gasteiger partial charge in [0.25, 0.3) is 0 Å². The Bertz CT molecular complexity index is 689. The molecule has 5 nitrogen and oxygen atoms in total. The number of aliphatic hydroxyl groups excluding tert-OH is 1. The minimum atomic E-state index is -0.489. The van der Waals surface area contributed by atoms with E-state index in [1.807, 2.05) is 24.4 Å². The molecule has 140 valence electrons. The average Bonchev–Trinajstić information content (AvgIpc) is 2.62. The van der Waals surface area contributed by atoms with Gasteiger partial charge in [-0.3, -0.25) is 4.90 Å². The minimum Gasteiger partial charge on any atom is -0.490 e. The molecule has 1 aliphatic heterocycles. The third kappa shape index (κ3) is 4.74. The molecule has 2 aromatic rings. The van der Waals surface area contributed by atoms with E-state index in [4.69, 9.17) is 4.74 Å². The van der Waals surface area contributed by atoms with Gasteiger partial charge >= 0.3 is 0 Å². The molecule has 1 aromatic carbocycles. The Morgan fingerprint density at radius 1 is 1.08 bits per heavy atom. The Hall–Kier alpha value is -2.11. The third-order valence-corrected chi connectivity index (χ3v) is 4.84. The van der Waals surface area contributed by atoms with E-state index in [-0.39, 0.29) is 0 Å². The highest BCUT2D eigenvalue weighted by atomic mass is 16.5. The first-order valence-corrected chi connectivity index (χ1v) is 9.30. The first kappa shape index (κ1) is 18.7. The van der Waals surface area contributed by atoms with Gasteiger partial charge in [0, 0.05) is 38.9 Å². The molecule has 3 rings (SSSR count). The van der Waals surface area contributed by atoms with Crippen LogP contribution in [0.25, 0.3) is 0 Å². The summed E-state index contributed by atoms with van der Waals surface area (Å²) in [6.07, 6.45) is 1.34. The van der Waals surface area contributed by atoms with Crippen molar-refractivity contribution in [2.24, 2.45) is 0 Å². The van der Waals surface area contributed by atoms with Gasteiger partial charge in [-0.05, 0) is 44.0 Å². The van der Waals surface area contributed by atoms with Gasteiger partial charge in [-0.2, -0.15) is 0 Å². The molecule has 0 aliphatic carbocycles. The SMILES string of the molecule is Cc1cc(C)c(OC[C@H](O)CN2CCN(c3ccccn3)CC2)c(C)c1. The van der Waals surface area contributed by atoms with Crippen LogP contribution in [0.5, 0.6) is 5.75 Å². The van der Waals surface area contributed by atoms with Crippen LogP contribution >= 0.6 is 0 Å². The number of anilines is 1. The molecule has 1 saturated heterocycles. The number of benzene rings is 1. The molecule has 1 atom stereocenters. The zero-order valence-electron chi connectivity index (χ0n) is 16.0. The monoisotopic (exact) mass is 355 g/mol. The largest absolute Gasteiger partial charge is 0.490 e. The summed E-state index contributed by atoms with van der Waals surface area (Å²) in [6, 6.07) is 10.2. The van der Waals surface area contributed by atoms with Crippen LogP contribution in [0.15, 0.2) is 36.5 Å². The fraction of sp³-hybridized carbons (Fsp3) is 0.476. The normalized spacial score (nSPS) is 16.5. The van der Waals surface area contributed by atoms with Crippen molar-refractivity contribution in [1.82, 2.24) is 9.88 Å². The first-order chi connectivity index (χ1) is 12.5. The van der Waals surface area contributed by atoms with Gasteiger partial charge in [0.15, 0.2) is 0 Å². The number of nitrogens with zero attached hydrogens (tertiary/aromatic N) is 3. The first-order valence-electron chi connectivity index (χ1n) is 9.30. The van der Waals surface area contributed by atoms with E-state index in [0.717, 1.165) is 48.9 Å². The van der Waals surface area contributed by atoms with E-state index in [1.54, 1.807) is 0 Å². The molecule has 1 aromatic heterocycles. The summed E-state index contributed by atoms with van der Waals surface area (Å²) >= 11 is 0. The van der Waals surface area contributed by atoms with E-state index in [2.05, 4.69) is 47.7 Å². The molecule has 26 heavy (non-hydrogen) atoms. The molecule has 0 bridgehead atoms. The van der Waals surface area contributed by atoms with E-state index < -0.39 is 6.10 Å². The highest BCUT2D eigenvalue weighted by Gasteiger charge is 2.20. The summed E-state index contributed by atoms with van der Waals surface area (Å²) in [5.41, 5.74) is 3.48. The number of ether oxygens (including phenoxy) is 1. The molecule has 2 heterocycles. The second-order valence-corrected chi connectivity index (χ2v) is 7.17. The lowest BCUT2D eigenvalue weighted by Crippen LogP contribution is -2.49. The van der Waals surface area contributed by atoms with Gasteiger partial charge < -0.3 is 14.7 Å². The van der Waals surface area contributed by atoms with Gasteiger partial charge in [0.1, 0.15) is 24.3 Å². The molecule has 1 N–H and O–H groups in total. The van der Waals surface area contributed by atoms with Gasteiger partial charge in [-0.1, -0.05) is 23.8 Å². The fourth-order valence-electron chi connectivity index (χ4n) is 3.63. The Morgan fingerprint density at radius 3 is 2.38 bits per heavy atom. The minimum absolute atomic E-state index is 0.325. The summed E-state index contributed by atoms with van der Waals surface area (Å²) in [7, 11) is 0. The highest BCUT2D eigenvalue weighted by Crippen LogP contribution is 2.24. The number of hydrogen-bond acceptors (Lipinski definition) is 5. The molecule has 5 heteroatoms. The fourth-order valence-corrected chi connectivity index (χ4v) is 3.63. The number of aryl methyl sites for hydroxylation is 3. The van der Waals surface area contributed by atoms with Gasteiger partial charge in [-0.25, -0.2) is 4.98 Å². The maximum atomic E-state index is 10.4. The van der Waals surface area contributed by atoms with Crippen molar-refractivity contribution < 1.29 is 9.84 Å². The van der Waals surface area contributed by atoms with Gasteiger partial charge in [0.2, 0.25) is 0 Å². The van der Waals surface area contributed by atoms with Crippen molar-refractivity contribution >= 4 is 5.82 Å². The number of aromatic nitrogens is 1. The van der Waals surface area contributed by atoms with Crippen LogP contribution < -0.4 is 9.64 Å². The Kier molecular flexibility index (Phi) is 6.12. The summed E-state index contributed by atoms with van der Waals surface area (Å²) < 4.78 is 5.92. The van der Waals surface area contributed by atoms with Crippen LogP contribution in [-0.4, -0.2) is 60.4 Å². The van der Waals surface area contributed by atoms with Crippen molar-refractivity contribution in [2.45, 2.75) is 26.9 Å². The number of piperazine rings is 1. The second-order valence-electron chi connectivity index (χ2n) is 7.17. The van der Waals surface area contributed by atoms with Crippen molar-refractivity contribution in [3.63, 3.8) is 0 Å². The van der Waals surface area contributed by atoms with Crippen LogP contribution in [0.2, 0.25) is 0 Å². The van der Waals surface area contributed by atoms with Crippen LogP contribution in [0.3, 0.4) is 0 Å². The Balaban J connectivity index is 1.45. The molecular weight excluding hydrogens is 326 g/mol. The zero-order valence-corrected chi connectivity index (χ0v) is 16.0. The molecule has 1 fully saturated rings. The van der Waals surface area contributed by atoms with Crippen molar-refractivity contribution in [3.05, 3.63) is 53.2 Å². The van der Waals surface area contributed by atoms with E-state index in [0.29, 0.717) is 13.2 Å². The lowest BCUT2D eigenvalue weighted by atomic mass is 10.1. The number of pyridine rings is 1. The van der Waals surface area contributed by atoms with Crippen molar-refractivity contribution in [1.29, 1.82) is 0 Å². The Morgan fingerprint density at radius 2 is 1.77 bits per heavy atom. The smallest absolute Gasteiger partial charge is 0.128 e. The Labute approximate surface area is 156 Å². The lowest BCUT2D eigenvalue weighted by Gasteiger charge is -2.36. The van der Waals surface area contributed by atoms with E-state index in [1.165, 1.54) is 5.56 Å². The van der Waals surface area contributed by atoms with Crippen LogP contribution in [-0.2, 0) is 0 Å². The summed E-state index contributed by atoms with van der Waals surface area (Å²) in [5, 5.41) is 10.4. The van der Waals surface area contributed by atoms with Crippen LogP contribution in [0.4, 0.5) is 5.82 Å². The second kappa shape index (κ2) is 8.52. The lowest BCUT2D eigenvalue weighted by molar-refractivity contribution is 0.0658. The molecule has 0 unspecified atom stereocenters. The average molecular weight is 355 g/mol. The predicted molar refractivity (Wildman–Crippen MR) is 105 cm³/mol. The van der Waals surface area contributed by atoms with E-state index in [9.17, 15) is 5.11 Å². The van der Waals surface area contributed by atoms with Crippen LogP contribution in [0, 0.1) is 20.8 Å².